The Hall–Kier alpha value is -2.16. The molecule has 0 radical (unpaired) electrons. The van der Waals surface area contributed by atoms with Crippen LogP contribution in [0.1, 0.15) is 51.5 Å². The van der Waals surface area contributed by atoms with Gasteiger partial charge in [0.05, 0.1) is 0 Å². The molecular weight excluding hydrogens is 284 g/mol. The zero-order valence-electron chi connectivity index (χ0n) is 14.3. The van der Waals surface area contributed by atoms with Crippen LogP contribution in [0.4, 0.5) is 0 Å². The maximum atomic E-state index is 12.0. The first-order valence-corrected chi connectivity index (χ1v) is 8.25. The van der Waals surface area contributed by atoms with Crippen LogP contribution in [0, 0.1) is 5.92 Å². The van der Waals surface area contributed by atoms with E-state index in [0.29, 0.717) is 5.92 Å². The SMILES string of the molecule is CC(C)=CCCC(C)=CC=NNC(=O)C1CC1c1ccccc1. The van der Waals surface area contributed by atoms with E-state index in [4.69, 9.17) is 0 Å². The summed E-state index contributed by atoms with van der Waals surface area (Å²) in [6.07, 6.45) is 8.85. The van der Waals surface area contributed by atoms with Crippen molar-refractivity contribution >= 4 is 12.1 Å². The van der Waals surface area contributed by atoms with Crippen LogP contribution in [0.3, 0.4) is 0 Å². The summed E-state index contributed by atoms with van der Waals surface area (Å²) in [6, 6.07) is 10.2. The molecule has 0 saturated heterocycles. The number of hydrazone groups is 1. The van der Waals surface area contributed by atoms with Crippen molar-refractivity contribution in [2.45, 2.75) is 46.0 Å². The number of carbonyl (C=O) groups excluding carboxylic acids is 1. The van der Waals surface area contributed by atoms with Gasteiger partial charge in [0.1, 0.15) is 0 Å². The van der Waals surface area contributed by atoms with Crippen molar-refractivity contribution in [1.29, 1.82) is 0 Å². The summed E-state index contributed by atoms with van der Waals surface area (Å²) >= 11 is 0. The van der Waals surface area contributed by atoms with E-state index in [2.05, 4.69) is 49.5 Å². The van der Waals surface area contributed by atoms with Crippen molar-refractivity contribution in [1.82, 2.24) is 5.43 Å². The Morgan fingerprint density at radius 3 is 2.70 bits per heavy atom. The fourth-order valence-corrected chi connectivity index (χ4v) is 2.57. The molecule has 23 heavy (non-hydrogen) atoms. The highest BCUT2D eigenvalue weighted by atomic mass is 16.2. The molecule has 1 aromatic rings. The molecule has 1 aromatic carbocycles. The molecule has 3 nitrogen and oxygen atoms in total. The lowest BCUT2D eigenvalue weighted by molar-refractivity contribution is -0.122. The third-order valence-electron chi connectivity index (χ3n) is 4.05. The summed E-state index contributed by atoms with van der Waals surface area (Å²) in [4.78, 5) is 12.0. The fraction of sp³-hybridized carbons (Fsp3) is 0.400. The predicted octanol–water partition coefficient (Wildman–Crippen LogP) is 4.58. The molecule has 1 aliphatic carbocycles. The summed E-state index contributed by atoms with van der Waals surface area (Å²) in [6.45, 7) is 6.30. The average molecular weight is 310 g/mol. The van der Waals surface area contributed by atoms with Gasteiger partial charge < -0.3 is 0 Å². The first kappa shape index (κ1) is 17.2. The van der Waals surface area contributed by atoms with Gasteiger partial charge in [-0.05, 0) is 57.6 Å². The lowest BCUT2D eigenvalue weighted by Crippen LogP contribution is -2.19. The molecule has 0 spiro atoms. The number of nitrogens with zero attached hydrogens (tertiary/aromatic N) is 1. The minimum absolute atomic E-state index is 0.0192. The second-order valence-electron chi connectivity index (χ2n) is 6.45. The van der Waals surface area contributed by atoms with Gasteiger partial charge in [-0.1, -0.05) is 47.6 Å². The van der Waals surface area contributed by atoms with Crippen molar-refractivity contribution in [3.8, 4) is 0 Å². The zero-order chi connectivity index (χ0) is 16.7. The molecule has 2 rings (SSSR count). The Labute approximate surface area is 139 Å². The Morgan fingerprint density at radius 2 is 2.00 bits per heavy atom. The number of nitrogens with one attached hydrogen (secondary N) is 1. The molecule has 2 unspecified atom stereocenters. The molecule has 0 bridgehead atoms. The van der Waals surface area contributed by atoms with E-state index in [9.17, 15) is 4.79 Å². The second kappa shape index (κ2) is 8.47. The van der Waals surface area contributed by atoms with E-state index >= 15 is 0 Å². The van der Waals surface area contributed by atoms with E-state index in [1.54, 1.807) is 6.21 Å². The van der Waals surface area contributed by atoms with Gasteiger partial charge in [-0.3, -0.25) is 4.79 Å². The molecule has 122 valence electrons. The predicted molar refractivity (Wildman–Crippen MR) is 96.3 cm³/mol. The number of hydrogen-bond donors (Lipinski definition) is 1. The van der Waals surface area contributed by atoms with Gasteiger partial charge in [-0.15, -0.1) is 0 Å². The molecule has 3 heteroatoms. The molecule has 1 N–H and O–H groups in total. The number of rotatable bonds is 7. The summed E-state index contributed by atoms with van der Waals surface area (Å²) in [5.41, 5.74) is 6.49. The topological polar surface area (TPSA) is 41.5 Å². The molecule has 1 amide bonds. The van der Waals surface area contributed by atoms with Gasteiger partial charge >= 0.3 is 0 Å². The number of benzene rings is 1. The minimum Gasteiger partial charge on any atom is -0.273 e. The molecular formula is C20H26N2O. The molecule has 1 saturated carbocycles. The van der Waals surface area contributed by atoms with Gasteiger partial charge in [0.25, 0.3) is 0 Å². The van der Waals surface area contributed by atoms with E-state index in [1.165, 1.54) is 16.7 Å². The first-order valence-electron chi connectivity index (χ1n) is 8.25. The van der Waals surface area contributed by atoms with Crippen molar-refractivity contribution in [3.63, 3.8) is 0 Å². The standard InChI is InChI=1S/C20H26N2O/c1-15(2)8-7-9-16(3)12-13-21-22-20(23)19-14-18(19)17-10-5-4-6-11-17/h4-6,8,10-13,18-19H,7,9,14H2,1-3H3,(H,22,23). The van der Waals surface area contributed by atoms with Gasteiger partial charge in [-0.2, -0.15) is 5.10 Å². The quantitative estimate of drug-likeness (QED) is 0.447. The van der Waals surface area contributed by atoms with E-state index in [-0.39, 0.29) is 11.8 Å². The normalized spacial score (nSPS) is 20.4. The Kier molecular flexibility index (Phi) is 6.33. The molecule has 0 heterocycles. The Morgan fingerprint density at radius 1 is 1.26 bits per heavy atom. The molecule has 0 aliphatic heterocycles. The van der Waals surface area contributed by atoms with Gasteiger partial charge in [0.2, 0.25) is 5.91 Å². The summed E-state index contributed by atoms with van der Waals surface area (Å²) in [7, 11) is 0. The molecule has 1 aliphatic rings. The lowest BCUT2D eigenvalue weighted by Gasteiger charge is -2.00. The van der Waals surface area contributed by atoms with Gasteiger partial charge in [-0.25, -0.2) is 5.43 Å². The lowest BCUT2D eigenvalue weighted by atomic mass is 10.1. The number of amides is 1. The third kappa shape index (κ3) is 5.85. The van der Waals surface area contributed by atoms with Crippen molar-refractivity contribution in [2.75, 3.05) is 0 Å². The highest BCUT2D eigenvalue weighted by Crippen LogP contribution is 2.47. The maximum absolute atomic E-state index is 12.0. The monoisotopic (exact) mass is 310 g/mol. The number of allylic oxidation sites excluding steroid dienone is 4. The van der Waals surface area contributed by atoms with E-state index in [0.717, 1.165) is 19.3 Å². The van der Waals surface area contributed by atoms with Crippen LogP contribution in [-0.2, 0) is 4.79 Å². The highest BCUT2D eigenvalue weighted by molar-refractivity contribution is 5.84. The van der Waals surface area contributed by atoms with Crippen molar-refractivity contribution in [2.24, 2.45) is 11.0 Å². The second-order valence-corrected chi connectivity index (χ2v) is 6.45. The van der Waals surface area contributed by atoms with Crippen LogP contribution < -0.4 is 5.43 Å². The molecule has 0 aromatic heterocycles. The van der Waals surface area contributed by atoms with Crippen LogP contribution in [0.25, 0.3) is 0 Å². The fourth-order valence-electron chi connectivity index (χ4n) is 2.57. The van der Waals surface area contributed by atoms with Crippen LogP contribution in [0.5, 0.6) is 0 Å². The Bertz CT molecular complexity index is 610. The summed E-state index contributed by atoms with van der Waals surface area (Å²) in [5, 5.41) is 4.03. The Balaban J connectivity index is 1.72. The number of carbonyl (C=O) groups is 1. The van der Waals surface area contributed by atoms with Crippen LogP contribution in [-0.4, -0.2) is 12.1 Å². The summed E-state index contributed by atoms with van der Waals surface area (Å²) < 4.78 is 0. The maximum Gasteiger partial charge on any atom is 0.243 e. The van der Waals surface area contributed by atoms with Crippen LogP contribution in [0.15, 0.2) is 58.7 Å². The summed E-state index contributed by atoms with van der Waals surface area (Å²) in [5.74, 6) is 0.440. The van der Waals surface area contributed by atoms with Crippen LogP contribution >= 0.6 is 0 Å². The van der Waals surface area contributed by atoms with Gasteiger partial charge in [0, 0.05) is 12.1 Å². The van der Waals surface area contributed by atoms with Crippen LogP contribution in [0.2, 0.25) is 0 Å². The third-order valence-corrected chi connectivity index (χ3v) is 4.05. The van der Waals surface area contributed by atoms with Gasteiger partial charge in [0.15, 0.2) is 0 Å². The highest BCUT2D eigenvalue weighted by Gasteiger charge is 2.43. The van der Waals surface area contributed by atoms with Crippen molar-refractivity contribution in [3.05, 3.63) is 59.2 Å². The average Bonchev–Trinajstić information content (AvgIpc) is 3.32. The molecule has 2 atom stereocenters. The van der Waals surface area contributed by atoms with E-state index < -0.39 is 0 Å². The largest absolute Gasteiger partial charge is 0.273 e. The zero-order valence-corrected chi connectivity index (χ0v) is 14.3. The number of hydrogen-bond acceptors (Lipinski definition) is 2. The van der Waals surface area contributed by atoms with Crippen molar-refractivity contribution < 1.29 is 4.79 Å². The first-order chi connectivity index (χ1) is 11.1. The molecule has 1 fully saturated rings. The van der Waals surface area contributed by atoms with E-state index in [1.807, 2.05) is 24.3 Å². The minimum atomic E-state index is 0.0192. The smallest absolute Gasteiger partial charge is 0.243 e.